The summed E-state index contributed by atoms with van der Waals surface area (Å²) in [7, 11) is 0. The van der Waals surface area contributed by atoms with Crippen molar-refractivity contribution in [2.24, 2.45) is 0 Å². The van der Waals surface area contributed by atoms with Crippen molar-refractivity contribution < 1.29 is 0 Å². The molecular formula is C13H9BrN2S. The Morgan fingerprint density at radius 3 is 2.71 bits per heavy atom. The summed E-state index contributed by atoms with van der Waals surface area (Å²) in [4.78, 5) is 4.54. The fourth-order valence-corrected chi connectivity index (χ4v) is 3.03. The first-order valence-corrected chi connectivity index (χ1v) is 6.80. The highest BCUT2D eigenvalue weighted by Crippen LogP contribution is 2.30. The lowest BCUT2D eigenvalue weighted by molar-refractivity contribution is 1.44. The lowest BCUT2D eigenvalue weighted by Gasteiger charge is -1.99. The highest BCUT2D eigenvalue weighted by atomic mass is 79.9. The van der Waals surface area contributed by atoms with E-state index in [1.807, 2.05) is 42.5 Å². The van der Waals surface area contributed by atoms with E-state index in [0.29, 0.717) is 0 Å². The first kappa shape index (κ1) is 10.7. The average molecular weight is 305 g/mol. The van der Waals surface area contributed by atoms with E-state index in [2.05, 4.69) is 32.3 Å². The Morgan fingerprint density at radius 2 is 1.88 bits per heavy atom. The molecule has 0 fully saturated rings. The molecule has 1 N–H and O–H groups in total. The molecule has 3 aromatic rings. The molecule has 1 heterocycles. The van der Waals surface area contributed by atoms with E-state index >= 15 is 0 Å². The number of hydrogen-bond acceptors (Lipinski definition) is 3. The maximum atomic E-state index is 4.54. The van der Waals surface area contributed by atoms with E-state index < -0.39 is 0 Å². The second-order valence-corrected chi connectivity index (χ2v) is 5.57. The van der Waals surface area contributed by atoms with Crippen LogP contribution in [-0.2, 0) is 0 Å². The lowest BCUT2D eigenvalue weighted by atomic mass is 10.3. The number of fused-ring (bicyclic) bond motifs is 1. The van der Waals surface area contributed by atoms with Crippen LogP contribution >= 0.6 is 27.3 Å². The van der Waals surface area contributed by atoms with Gasteiger partial charge in [0.15, 0.2) is 5.13 Å². The molecule has 1 aromatic heterocycles. The third-order valence-electron chi connectivity index (χ3n) is 2.38. The minimum absolute atomic E-state index is 0.921. The third-order valence-corrected chi connectivity index (χ3v) is 3.80. The predicted molar refractivity (Wildman–Crippen MR) is 77.0 cm³/mol. The van der Waals surface area contributed by atoms with E-state index in [1.54, 1.807) is 11.3 Å². The molecule has 2 aromatic carbocycles. The molecule has 0 unspecified atom stereocenters. The van der Waals surface area contributed by atoms with Crippen molar-refractivity contribution in [3.63, 3.8) is 0 Å². The highest BCUT2D eigenvalue weighted by molar-refractivity contribution is 9.10. The van der Waals surface area contributed by atoms with Gasteiger partial charge in [0.2, 0.25) is 0 Å². The predicted octanol–water partition coefficient (Wildman–Crippen LogP) is 4.80. The van der Waals surface area contributed by atoms with Crippen LogP contribution in [0.4, 0.5) is 10.8 Å². The van der Waals surface area contributed by atoms with E-state index in [4.69, 9.17) is 0 Å². The van der Waals surface area contributed by atoms with Crippen molar-refractivity contribution in [2.75, 3.05) is 5.32 Å². The smallest absolute Gasteiger partial charge is 0.188 e. The van der Waals surface area contributed by atoms with Gasteiger partial charge in [0, 0.05) is 10.2 Å². The van der Waals surface area contributed by atoms with Gasteiger partial charge in [-0.2, -0.15) is 0 Å². The minimum atomic E-state index is 0.921. The standard InChI is InChI=1S/C13H9BrN2S/c14-9-6-7-11-12(8-9)17-13(16-11)15-10-4-2-1-3-5-10/h1-8H,(H,15,16). The number of aromatic nitrogens is 1. The molecule has 0 spiro atoms. The van der Waals surface area contributed by atoms with Crippen LogP contribution < -0.4 is 5.32 Å². The van der Waals surface area contributed by atoms with Crippen LogP contribution in [0, 0.1) is 0 Å². The van der Waals surface area contributed by atoms with Crippen LogP contribution in [0.15, 0.2) is 53.0 Å². The van der Waals surface area contributed by atoms with Crippen LogP contribution in [-0.4, -0.2) is 4.98 Å². The summed E-state index contributed by atoms with van der Waals surface area (Å²) in [6.07, 6.45) is 0. The Labute approximate surface area is 111 Å². The fraction of sp³-hybridized carbons (Fsp3) is 0. The summed E-state index contributed by atoms with van der Waals surface area (Å²) < 4.78 is 2.26. The largest absolute Gasteiger partial charge is 0.332 e. The SMILES string of the molecule is Brc1ccc2nc(Nc3ccccc3)sc2c1. The van der Waals surface area contributed by atoms with Crippen molar-refractivity contribution in [1.29, 1.82) is 0 Å². The molecule has 0 saturated heterocycles. The fourth-order valence-electron chi connectivity index (χ4n) is 1.60. The third kappa shape index (κ3) is 2.33. The summed E-state index contributed by atoms with van der Waals surface area (Å²) in [6.45, 7) is 0. The number of halogens is 1. The van der Waals surface area contributed by atoms with Crippen molar-refractivity contribution in [1.82, 2.24) is 4.98 Å². The van der Waals surface area contributed by atoms with Crippen molar-refractivity contribution in [3.8, 4) is 0 Å². The molecule has 0 bridgehead atoms. The molecular weight excluding hydrogens is 296 g/mol. The Bertz CT molecular complexity index is 649. The summed E-state index contributed by atoms with van der Waals surface area (Å²) >= 11 is 5.12. The van der Waals surface area contributed by atoms with Crippen LogP contribution in [0.25, 0.3) is 10.2 Å². The minimum Gasteiger partial charge on any atom is -0.332 e. The Morgan fingerprint density at radius 1 is 1.06 bits per heavy atom. The Balaban J connectivity index is 1.96. The second kappa shape index (κ2) is 4.47. The summed E-state index contributed by atoms with van der Waals surface area (Å²) in [5, 5.41) is 4.23. The maximum Gasteiger partial charge on any atom is 0.188 e. The quantitative estimate of drug-likeness (QED) is 0.735. The van der Waals surface area contributed by atoms with Gasteiger partial charge in [0.25, 0.3) is 0 Å². The lowest BCUT2D eigenvalue weighted by Crippen LogP contribution is -1.87. The number of para-hydroxylation sites is 1. The molecule has 0 aliphatic rings. The number of rotatable bonds is 2. The molecule has 3 rings (SSSR count). The van der Waals surface area contributed by atoms with Crippen LogP contribution in [0.1, 0.15) is 0 Å². The van der Waals surface area contributed by atoms with E-state index in [-0.39, 0.29) is 0 Å². The topological polar surface area (TPSA) is 24.9 Å². The molecule has 0 amide bonds. The van der Waals surface area contributed by atoms with E-state index in [9.17, 15) is 0 Å². The van der Waals surface area contributed by atoms with Crippen LogP contribution in [0.3, 0.4) is 0 Å². The molecule has 0 radical (unpaired) electrons. The average Bonchev–Trinajstić information content (AvgIpc) is 2.71. The molecule has 0 atom stereocenters. The Hall–Kier alpha value is -1.39. The monoisotopic (exact) mass is 304 g/mol. The van der Waals surface area contributed by atoms with Gasteiger partial charge in [-0.1, -0.05) is 45.5 Å². The maximum absolute atomic E-state index is 4.54. The number of nitrogens with zero attached hydrogens (tertiary/aromatic N) is 1. The first-order chi connectivity index (χ1) is 8.31. The number of hydrogen-bond donors (Lipinski definition) is 1. The van der Waals surface area contributed by atoms with Gasteiger partial charge in [0.1, 0.15) is 0 Å². The summed E-state index contributed by atoms with van der Waals surface area (Å²) in [6, 6.07) is 16.2. The van der Waals surface area contributed by atoms with Crippen LogP contribution in [0.5, 0.6) is 0 Å². The molecule has 0 aliphatic heterocycles. The first-order valence-electron chi connectivity index (χ1n) is 5.19. The van der Waals surface area contributed by atoms with Crippen molar-refractivity contribution in [2.45, 2.75) is 0 Å². The van der Waals surface area contributed by atoms with Crippen LogP contribution in [0.2, 0.25) is 0 Å². The van der Waals surface area contributed by atoms with Gasteiger partial charge in [-0.15, -0.1) is 0 Å². The zero-order chi connectivity index (χ0) is 11.7. The summed E-state index contributed by atoms with van der Waals surface area (Å²) in [5.41, 5.74) is 2.09. The van der Waals surface area contributed by atoms with Gasteiger partial charge < -0.3 is 5.32 Å². The molecule has 0 aliphatic carbocycles. The van der Waals surface area contributed by atoms with Gasteiger partial charge in [-0.25, -0.2) is 4.98 Å². The zero-order valence-corrected chi connectivity index (χ0v) is 11.3. The molecule has 17 heavy (non-hydrogen) atoms. The van der Waals surface area contributed by atoms with Gasteiger partial charge in [-0.3, -0.25) is 0 Å². The van der Waals surface area contributed by atoms with Gasteiger partial charge in [0.05, 0.1) is 10.2 Å². The van der Waals surface area contributed by atoms with E-state index in [1.165, 1.54) is 4.70 Å². The zero-order valence-electron chi connectivity index (χ0n) is 8.85. The number of benzene rings is 2. The van der Waals surface area contributed by atoms with Crippen molar-refractivity contribution in [3.05, 3.63) is 53.0 Å². The van der Waals surface area contributed by atoms with Gasteiger partial charge >= 0.3 is 0 Å². The number of anilines is 2. The normalized spacial score (nSPS) is 10.6. The van der Waals surface area contributed by atoms with E-state index in [0.717, 1.165) is 20.8 Å². The second-order valence-electron chi connectivity index (χ2n) is 3.62. The Kier molecular flexibility index (Phi) is 2.82. The molecule has 84 valence electrons. The summed E-state index contributed by atoms with van der Waals surface area (Å²) in [5.74, 6) is 0. The number of nitrogens with one attached hydrogen (secondary N) is 1. The molecule has 0 saturated carbocycles. The van der Waals surface area contributed by atoms with Gasteiger partial charge in [-0.05, 0) is 30.3 Å². The molecule has 4 heteroatoms. The highest BCUT2D eigenvalue weighted by Gasteiger charge is 2.03. The number of thiazole rings is 1. The molecule has 2 nitrogen and oxygen atoms in total. The van der Waals surface area contributed by atoms with Crippen molar-refractivity contribution >= 4 is 48.3 Å².